The molecule has 23 heavy (non-hydrogen) atoms. The van der Waals surface area contributed by atoms with Crippen molar-refractivity contribution in [1.29, 1.82) is 0 Å². The first-order chi connectivity index (χ1) is 11.1. The van der Waals surface area contributed by atoms with Gasteiger partial charge in [0.25, 0.3) is 11.5 Å². The quantitative estimate of drug-likeness (QED) is 0.894. The fourth-order valence-corrected chi connectivity index (χ4v) is 3.16. The lowest BCUT2D eigenvalue weighted by molar-refractivity contribution is 0.0912. The third kappa shape index (κ3) is 3.12. The lowest BCUT2D eigenvalue weighted by Gasteiger charge is -2.27. The van der Waals surface area contributed by atoms with Crippen LogP contribution in [0.15, 0.2) is 29.3 Å². The number of fused-ring (bicyclic) bond motifs is 1. The zero-order chi connectivity index (χ0) is 16.4. The Morgan fingerprint density at radius 3 is 2.83 bits per heavy atom. The molecule has 122 valence electrons. The van der Waals surface area contributed by atoms with Crippen molar-refractivity contribution in [2.24, 2.45) is 5.92 Å². The van der Waals surface area contributed by atoms with Gasteiger partial charge in [-0.15, -0.1) is 0 Å². The van der Waals surface area contributed by atoms with Gasteiger partial charge < -0.3 is 10.4 Å². The van der Waals surface area contributed by atoms with E-state index in [9.17, 15) is 9.59 Å². The van der Waals surface area contributed by atoms with Gasteiger partial charge in [0, 0.05) is 25.0 Å². The highest BCUT2D eigenvalue weighted by Crippen LogP contribution is 2.23. The highest BCUT2D eigenvalue weighted by Gasteiger charge is 2.23. The number of amides is 1. The van der Waals surface area contributed by atoms with Crippen LogP contribution in [-0.4, -0.2) is 33.0 Å². The van der Waals surface area contributed by atoms with E-state index >= 15 is 0 Å². The Morgan fingerprint density at radius 2 is 2.13 bits per heavy atom. The molecular formula is C17H21N3O3. The van der Waals surface area contributed by atoms with Crippen LogP contribution < -0.4 is 10.9 Å². The number of rotatable bonds is 3. The molecule has 2 aromatic rings. The van der Waals surface area contributed by atoms with Crippen molar-refractivity contribution in [3.63, 3.8) is 0 Å². The van der Waals surface area contributed by atoms with E-state index in [1.807, 2.05) is 13.0 Å². The van der Waals surface area contributed by atoms with Gasteiger partial charge in [0.1, 0.15) is 11.2 Å². The zero-order valence-corrected chi connectivity index (χ0v) is 13.2. The van der Waals surface area contributed by atoms with Gasteiger partial charge in [-0.25, -0.2) is 4.98 Å². The summed E-state index contributed by atoms with van der Waals surface area (Å²) in [5.41, 5.74) is 1.18. The molecule has 6 heteroatoms. The fourth-order valence-electron chi connectivity index (χ4n) is 3.16. The minimum Gasteiger partial charge on any atom is -0.396 e. The van der Waals surface area contributed by atoms with Crippen molar-refractivity contribution in [3.8, 4) is 0 Å². The van der Waals surface area contributed by atoms with Crippen LogP contribution in [0.25, 0.3) is 5.65 Å². The summed E-state index contributed by atoms with van der Waals surface area (Å²) in [4.78, 5) is 29.1. The van der Waals surface area contributed by atoms with E-state index in [0.717, 1.165) is 31.2 Å². The lowest BCUT2D eigenvalue weighted by Crippen LogP contribution is -2.40. The summed E-state index contributed by atoms with van der Waals surface area (Å²) in [6.45, 7) is 2.08. The molecule has 0 atom stereocenters. The summed E-state index contributed by atoms with van der Waals surface area (Å²) in [6, 6.07) is 3.70. The van der Waals surface area contributed by atoms with E-state index in [2.05, 4.69) is 10.3 Å². The smallest absolute Gasteiger partial charge is 0.270 e. The molecule has 0 unspecified atom stereocenters. The Bertz CT molecular complexity index is 776. The molecule has 0 radical (unpaired) electrons. The van der Waals surface area contributed by atoms with E-state index in [1.54, 1.807) is 12.3 Å². The van der Waals surface area contributed by atoms with Gasteiger partial charge in [-0.2, -0.15) is 0 Å². The predicted octanol–water partition coefficient (Wildman–Crippen LogP) is 1.28. The highest BCUT2D eigenvalue weighted by molar-refractivity contribution is 5.94. The van der Waals surface area contributed by atoms with Crippen molar-refractivity contribution in [3.05, 3.63) is 46.0 Å². The Kier molecular flexibility index (Phi) is 4.43. The van der Waals surface area contributed by atoms with Crippen LogP contribution in [0.5, 0.6) is 0 Å². The number of nitrogens with one attached hydrogen (secondary N) is 1. The lowest BCUT2D eigenvalue weighted by atomic mass is 9.86. The second-order valence-electron chi connectivity index (χ2n) is 6.24. The maximum absolute atomic E-state index is 12.5. The standard InChI is InChI=1S/C17H21N3O3/c1-11-3-2-8-20-15(11)18-9-14(17(20)23)16(22)19-13-6-4-12(10-21)5-7-13/h2-3,8-9,12-13,21H,4-7,10H2,1H3,(H,19,22). The molecule has 6 nitrogen and oxygen atoms in total. The minimum absolute atomic E-state index is 0.0582. The van der Waals surface area contributed by atoms with E-state index in [4.69, 9.17) is 5.11 Å². The summed E-state index contributed by atoms with van der Waals surface area (Å²) in [5.74, 6) is -0.0371. The number of carbonyl (C=O) groups excluding carboxylic acids is 1. The maximum Gasteiger partial charge on any atom is 0.270 e. The minimum atomic E-state index is -0.370. The first-order valence-electron chi connectivity index (χ1n) is 7.99. The van der Waals surface area contributed by atoms with Crippen LogP contribution in [0.1, 0.15) is 41.6 Å². The molecule has 2 aromatic heterocycles. The molecule has 1 aliphatic rings. The van der Waals surface area contributed by atoms with E-state index in [1.165, 1.54) is 10.6 Å². The first-order valence-corrected chi connectivity index (χ1v) is 7.99. The van der Waals surface area contributed by atoms with Gasteiger partial charge in [0.15, 0.2) is 0 Å². The number of hydrogen-bond donors (Lipinski definition) is 2. The summed E-state index contributed by atoms with van der Waals surface area (Å²) < 4.78 is 1.41. The number of nitrogens with zero attached hydrogens (tertiary/aromatic N) is 2. The largest absolute Gasteiger partial charge is 0.396 e. The molecule has 0 aromatic carbocycles. The van der Waals surface area contributed by atoms with Crippen LogP contribution >= 0.6 is 0 Å². The average Bonchev–Trinajstić information content (AvgIpc) is 2.56. The second kappa shape index (κ2) is 6.50. The monoisotopic (exact) mass is 315 g/mol. The molecule has 0 saturated heterocycles. The zero-order valence-electron chi connectivity index (χ0n) is 13.2. The molecule has 1 saturated carbocycles. The fraction of sp³-hybridized carbons (Fsp3) is 0.471. The Hall–Kier alpha value is -2.21. The molecule has 1 fully saturated rings. The van der Waals surface area contributed by atoms with Crippen molar-refractivity contribution in [2.45, 2.75) is 38.6 Å². The average molecular weight is 315 g/mol. The van der Waals surface area contributed by atoms with Gasteiger partial charge >= 0.3 is 0 Å². The molecule has 2 heterocycles. The van der Waals surface area contributed by atoms with Crippen LogP contribution in [-0.2, 0) is 0 Å². The van der Waals surface area contributed by atoms with Crippen molar-refractivity contribution in [1.82, 2.24) is 14.7 Å². The molecule has 1 amide bonds. The predicted molar refractivity (Wildman–Crippen MR) is 86.5 cm³/mol. The Labute approximate surface area is 134 Å². The number of aliphatic hydroxyl groups excluding tert-OH is 1. The van der Waals surface area contributed by atoms with E-state index < -0.39 is 0 Å². The summed E-state index contributed by atoms with van der Waals surface area (Å²) in [7, 11) is 0. The third-order valence-corrected chi connectivity index (χ3v) is 4.61. The molecule has 0 spiro atoms. The Balaban J connectivity index is 1.79. The van der Waals surface area contributed by atoms with Gasteiger partial charge in [-0.05, 0) is 50.2 Å². The van der Waals surface area contributed by atoms with Crippen molar-refractivity contribution >= 4 is 11.6 Å². The highest BCUT2D eigenvalue weighted by atomic mass is 16.3. The number of aryl methyl sites for hydroxylation is 1. The van der Waals surface area contributed by atoms with Crippen LogP contribution in [0.2, 0.25) is 0 Å². The van der Waals surface area contributed by atoms with E-state index in [-0.39, 0.29) is 29.7 Å². The number of carbonyl (C=O) groups is 1. The van der Waals surface area contributed by atoms with E-state index in [0.29, 0.717) is 11.6 Å². The molecule has 2 N–H and O–H groups in total. The Morgan fingerprint density at radius 1 is 1.39 bits per heavy atom. The molecule has 0 bridgehead atoms. The third-order valence-electron chi connectivity index (χ3n) is 4.61. The van der Waals surface area contributed by atoms with Crippen molar-refractivity contribution < 1.29 is 9.90 Å². The molecular weight excluding hydrogens is 294 g/mol. The number of hydrogen-bond acceptors (Lipinski definition) is 4. The normalized spacial score (nSPS) is 21.3. The molecule has 1 aliphatic carbocycles. The van der Waals surface area contributed by atoms with Gasteiger partial charge in [0.05, 0.1) is 0 Å². The summed E-state index contributed by atoms with van der Waals surface area (Å²) >= 11 is 0. The number of aromatic nitrogens is 2. The summed E-state index contributed by atoms with van der Waals surface area (Å²) in [5, 5.41) is 12.1. The van der Waals surface area contributed by atoms with Gasteiger partial charge in [-0.3, -0.25) is 14.0 Å². The second-order valence-corrected chi connectivity index (χ2v) is 6.24. The number of pyridine rings is 1. The molecule has 0 aliphatic heterocycles. The summed E-state index contributed by atoms with van der Waals surface area (Å²) in [6.07, 6.45) is 6.45. The van der Waals surface area contributed by atoms with Crippen molar-refractivity contribution in [2.75, 3.05) is 6.61 Å². The van der Waals surface area contributed by atoms with Gasteiger partial charge in [-0.1, -0.05) is 6.07 Å². The van der Waals surface area contributed by atoms with Gasteiger partial charge in [0.2, 0.25) is 0 Å². The molecule has 3 rings (SSSR count). The topological polar surface area (TPSA) is 83.7 Å². The number of aliphatic hydroxyl groups is 1. The maximum atomic E-state index is 12.5. The van der Waals surface area contributed by atoms with Crippen LogP contribution in [0.4, 0.5) is 0 Å². The SMILES string of the molecule is Cc1cccn2c(=O)c(C(=O)NC3CCC(CO)CC3)cnc12. The first kappa shape index (κ1) is 15.7. The van der Waals surface area contributed by atoms with Crippen LogP contribution in [0.3, 0.4) is 0 Å². The van der Waals surface area contributed by atoms with Crippen LogP contribution in [0, 0.1) is 12.8 Å².